The summed E-state index contributed by atoms with van der Waals surface area (Å²) < 4.78 is 38.3. The highest BCUT2D eigenvalue weighted by molar-refractivity contribution is 7.89. The monoisotopic (exact) mass is 444 g/mol. The zero-order valence-corrected chi connectivity index (χ0v) is 18.9. The van der Waals surface area contributed by atoms with E-state index in [2.05, 4.69) is 5.32 Å². The number of nitrogens with zero attached hydrogens (tertiary/aromatic N) is 1. The molecule has 166 valence electrons. The average molecular weight is 445 g/mol. The molecule has 1 fully saturated rings. The molecule has 0 saturated carbocycles. The molecule has 2 aromatic carbocycles. The molecule has 31 heavy (non-hydrogen) atoms. The molecule has 7 nitrogen and oxygen atoms in total. The number of ether oxygens (including phenoxy) is 2. The smallest absolute Gasteiger partial charge is 0.248 e. The van der Waals surface area contributed by atoms with Crippen LogP contribution in [0.4, 0.5) is 5.69 Å². The van der Waals surface area contributed by atoms with Crippen LogP contribution in [0.5, 0.6) is 11.5 Å². The van der Waals surface area contributed by atoms with Gasteiger partial charge < -0.3 is 14.8 Å². The largest absolute Gasteiger partial charge is 0.493 e. The first-order valence-electron chi connectivity index (χ1n) is 10.2. The SMILES string of the molecule is COc1cccc(C=CC(=O)Nc2ccc(C)c(S(=O)(=O)N3CCCCC3)c2)c1OC. The second-order valence-electron chi connectivity index (χ2n) is 7.35. The number of aryl methyl sites for hydroxylation is 1. The van der Waals surface area contributed by atoms with Crippen molar-refractivity contribution in [3.05, 3.63) is 53.6 Å². The van der Waals surface area contributed by atoms with Crippen molar-refractivity contribution < 1.29 is 22.7 Å². The second-order valence-corrected chi connectivity index (χ2v) is 9.26. The Morgan fingerprint density at radius 1 is 1.06 bits per heavy atom. The van der Waals surface area contributed by atoms with Gasteiger partial charge >= 0.3 is 0 Å². The number of amides is 1. The summed E-state index contributed by atoms with van der Waals surface area (Å²) >= 11 is 0. The summed E-state index contributed by atoms with van der Waals surface area (Å²) in [4.78, 5) is 12.7. The molecule has 1 aliphatic rings. The van der Waals surface area contributed by atoms with Crippen LogP contribution in [0.2, 0.25) is 0 Å². The third kappa shape index (κ3) is 5.26. The van der Waals surface area contributed by atoms with Crippen molar-refractivity contribution in [1.29, 1.82) is 0 Å². The number of piperidine rings is 1. The van der Waals surface area contributed by atoms with E-state index in [1.165, 1.54) is 23.6 Å². The molecule has 1 heterocycles. The summed E-state index contributed by atoms with van der Waals surface area (Å²) in [5.74, 6) is 0.713. The van der Waals surface area contributed by atoms with Crippen LogP contribution in [0.25, 0.3) is 6.08 Å². The Labute approximate surface area is 183 Å². The van der Waals surface area contributed by atoms with Gasteiger partial charge in [-0.15, -0.1) is 0 Å². The van der Waals surface area contributed by atoms with Crippen molar-refractivity contribution in [2.24, 2.45) is 0 Å². The normalized spacial score (nSPS) is 15.1. The Bertz CT molecular complexity index is 1070. The molecule has 0 spiro atoms. The van der Waals surface area contributed by atoms with Crippen LogP contribution in [-0.4, -0.2) is 45.9 Å². The van der Waals surface area contributed by atoms with E-state index >= 15 is 0 Å². The fourth-order valence-electron chi connectivity index (χ4n) is 3.59. The Morgan fingerprint density at radius 2 is 1.81 bits per heavy atom. The predicted octanol–water partition coefficient (Wildman–Crippen LogP) is 3.84. The third-order valence-electron chi connectivity index (χ3n) is 5.24. The first kappa shape index (κ1) is 22.8. The van der Waals surface area contributed by atoms with Crippen LogP contribution in [0, 0.1) is 6.92 Å². The number of hydrogen-bond donors (Lipinski definition) is 1. The molecule has 1 N–H and O–H groups in total. The maximum Gasteiger partial charge on any atom is 0.248 e. The highest BCUT2D eigenvalue weighted by Crippen LogP contribution is 2.31. The van der Waals surface area contributed by atoms with Gasteiger partial charge in [-0.3, -0.25) is 4.79 Å². The molecule has 0 aliphatic carbocycles. The van der Waals surface area contributed by atoms with Gasteiger partial charge in [-0.25, -0.2) is 8.42 Å². The summed E-state index contributed by atoms with van der Waals surface area (Å²) in [6.07, 6.45) is 5.78. The number of hydrogen-bond acceptors (Lipinski definition) is 5. The van der Waals surface area contributed by atoms with Crippen molar-refractivity contribution in [1.82, 2.24) is 4.31 Å². The number of nitrogens with one attached hydrogen (secondary N) is 1. The Balaban J connectivity index is 1.78. The molecular formula is C23H28N2O5S. The average Bonchev–Trinajstić information content (AvgIpc) is 2.79. The van der Waals surface area contributed by atoms with Crippen LogP contribution in [0.3, 0.4) is 0 Å². The molecule has 0 aromatic heterocycles. The second kappa shape index (κ2) is 9.98. The molecule has 1 aliphatic heterocycles. The van der Waals surface area contributed by atoms with Gasteiger partial charge in [0, 0.05) is 30.4 Å². The van der Waals surface area contributed by atoms with E-state index in [1.807, 2.05) is 0 Å². The molecule has 1 amide bonds. The number of carbonyl (C=O) groups excluding carboxylic acids is 1. The molecule has 3 rings (SSSR count). The number of para-hydroxylation sites is 1. The van der Waals surface area contributed by atoms with Gasteiger partial charge in [0.05, 0.1) is 19.1 Å². The minimum atomic E-state index is -3.59. The molecular weight excluding hydrogens is 416 g/mol. The maximum atomic E-state index is 13.1. The molecule has 1 saturated heterocycles. The van der Waals surface area contributed by atoms with Gasteiger partial charge in [0.1, 0.15) is 0 Å². The highest BCUT2D eigenvalue weighted by atomic mass is 32.2. The minimum absolute atomic E-state index is 0.227. The summed E-state index contributed by atoms with van der Waals surface area (Å²) in [5.41, 5.74) is 1.77. The van der Waals surface area contributed by atoms with Crippen molar-refractivity contribution in [2.75, 3.05) is 32.6 Å². The van der Waals surface area contributed by atoms with Gasteiger partial charge in [-0.2, -0.15) is 4.31 Å². The van der Waals surface area contributed by atoms with Gasteiger partial charge in [-0.05, 0) is 49.6 Å². The van der Waals surface area contributed by atoms with Gasteiger partial charge in [0.15, 0.2) is 11.5 Å². The van der Waals surface area contributed by atoms with Crippen molar-refractivity contribution in [3.63, 3.8) is 0 Å². The lowest BCUT2D eigenvalue weighted by Crippen LogP contribution is -2.36. The van der Waals surface area contributed by atoms with E-state index in [-0.39, 0.29) is 10.8 Å². The van der Waals surface area contributed by atoms with Gasteiger partial charge in [-0.1, -0.05) is 24.6 Å². The van der Waals surface area contributed by atoms with Gasteiger partial charge in [0.25, 0.3) is 0 Å². The Hall–Kier alpha value is -2.84. The standard InChI is InChI=1S/C23H28N2O5S/c1-17-10-12-19(16-21(17)31(27,28)25-14-5-4-6-15-25)24-22(26)13-11-18-8-7-9-20(29-2)23(18)30-3/h7-13,16H,4-6,14-15H2,1-3H3,(H,24,26). The van der Waals surface area contributed by atoms with E-state index in [0.29, 0.717) is 41.4 Å². The molecule has 0 unspecified atom stereocenters. The number of anilines is 1. The van der Waals surface area contributed by atoms with E-state index in [4.69, 9.17) is 9.47 Å². The third-order valence-corrected chi connectivity index (χ3v) is 7.28. The molecule has 0 atom stereocenters. The number of rotatable bonds is 7. The summed E-state index contributed by atoms with van der Waals surface area (Å²) in [6, 6.07) is 10.3. The highest BCUT2D eigenvalue weighted by Gasteiger charge is 2.27. The number of sulfonamides is 1. The molecule has 8 heteroatoms. The minimum Gasteiger partial charge on any atom is -0.493 e. The van der Waals surface area contributed by atoms with Crippen molar-refractivity contribution in [2.45, 2.75) is 31.1 Å². The van der Waals surface area contributed by atoms with Crippen molar-refractivity contribution >= 4 is 27.7 Å². The number of benzene rings is 2. The van der Waals surface area contributed by atoms with E-state index < -0.39 is 10.0 Å². The first-order chi connectivity index (χ1) is 14.9. The Morgan fingerprint density at radius 3 is 2.48 bits per heavy atom. The number of methoxy groups -OCH3 is 2. The fourth-order valence-corrected chi connectivity index (χ4v) is 5.36. The van der Waals surface area contributed by atoms with Gasteiger partial charge in [0.2, 0.25) is 15.9 Å². The lowest BCUT2D eigenvalue weighted by Gasteiger charge is -2.26. The Kier molecular flexibility index (Phi) is 7.35. The fraction of sp³-hybridized carbons (Fsp3) is 0.348. The van der Waals surface area contributed by atoms with Crippen LogP contribution >= 0.6 is 0 Å². The van der Waals surface area contributed by atoms with Crippen LogP contribution in [-0.2, 0) is 14.8 Å². The maximum absolute atomic E-state index is 13.1. The number of carbonyl (C=O) groups is 1. The van der Waals surface area contributed by atoms with E-state index in [1.54, 1.807) is 50.4 Å². The lowest BCUT2D eigenvalue weighted by atomic mass is 10.1. The molecule has 2 aromatic rings. The van der Waals surface area contributed by atoms with Crippen molar-refractivity contribution in [3.8, 4) is 11.5 Å². The summed E-state index contributed by atoms with van der Waals surface area (Å²) in [7, 11) is -0.509. The van der Waals surface area contributed by atoms with Crippen LogP contribution < -0.4 is 14.8 Å². The molecule has 0 bridgehead atoms. The zero-order valence-electron chi connectivity index (χ0n) is 18.1. The van der Waals surface area contributed by atoms with E-state index in [9.17, 15) is 13.2 Å². The summed E-state index contributed by atoms with van der Waals surface area (Å²) in [6.45, 7) is 2.82. The first-order valence-corrected chi connectivity index (χ1v) is 11.6. The quantitative estimate of drug-likeness (QED) is 0.656. The van der Waals surface area contributed by atoms with Crippen LogP contribution in [0.15, 0.2) is 47.4 Å². The molecule has 0 radical (unpaired) electrons. The predicted molar refractivity (Wildman–Crippen MR) is 121 cm³/mol. The zero-order chi connectivity index (χ0) is 22.4. The topological polar surface area (TPSA) is 84.9 Å². The van der Waals surface area contributed by atoms with Crippen LogP contribution in [0.1, 0.15) is 30.4 Å². The lowest BCUT2D eigenvalue weighted by molar-refractivity contribution is -0.111. The van der Waals surface area contributed by atoms with E-state index in [0.717, 1.165) is 19.3 Å². The summed E-state index contributed by atoms with van der Waals surface area (Å²) in [5, 5.41) is 2.74.